The predicted octanol–water partition coefficient (Wildman–Crippen LogP) is 5.95. The van der Waals surface area contributed by atoms with Gasteiger partial charge in [0.15, 0.2) is 5.75 Å². The average Bonchev–Trinajstić information content (AvgIpc) is 2.77. The van der Waals surface area contributed by atoms with Crippen LogP contribution in [-0.4, -0.2) is 25.3 Å². The first kappa shape index (κ1) is 23.8. The van der Waals surface area contributed by atoms with Gasteiger partial charge in [-0.1, -0.05) is 59.6 Å². The molecule has 166 valence electrons. The number of methoxy groups -OCH3 is 2. The molecule has 0 aliphatic rings. The van der Waals surface area contributed by atoms with Crippen molar-refractivity contribution in [3.63, 3.8) is 0 Å². The van der Waals surface area contributed by atoms with E-state index in [1.807, 2.05) is 19.1 Å². The van der Waals surface area contributed by atoms with Gasteiger partial charge in [0, 0.05) is 11.1 Å². The van der Waals surface area contributed by atoms with E-state index in [9.17, 15) is 14.2 Å². The van der Waals surface area contributed by atoms with Crippen LogP contribution in [0, 0.1) is 20.8 Å². The van der Waals surface area contributed by atoms with Crippen molar-refractivity contribution in [2.24, 2.45) is 0 Å². The fourth-order valence-corrected chi connectivity index (χ4v) is 6.96. The molecule has 5 nitrogen and oxygen atoms in total. The summed E-state index contributed by atoms with van der Waals surface area (Å²) in [4.78, 5) is 27.8. The van der Waals surface area contributed by atoms with Crippen LogP contribution in [0.3, 0.4) is 0 Å². The Bertz CT molecular complexity index is 1230. The topological polar surface area (TPSA) is 69.7 Å². The maximum Gasteiger partial charge on any atom is 0.256 e. The van der Waals surface area contributed by atoms with Gasteiger partial charge in [0.05, 0.1) is 19.2 Å². The van der Waals surface area contributed by atoms with Crippen molar-refractivity contribution < 1.29 is 23.6 Å². The molecule has 3 rings (SSSR count). The van der Waals surface area contributed by atoms with E-state index in [-0.39, 0.29) is 33.0 Å². The Hall–Kier alpha value is -2.88. The zero-order valence-corrected chi connectivity index (χ0v) is 20.2. The quantitative estimate of drug-likeness (QED) is 0.399. The van der Waals surface area contributed by atoms with Gasteiger partial charge < -0.3 is 14.0 Å². The van der Waals surface area contributed by atoms with Crippen LogP contribution in [0.2, 0.25) is 5.02 Å². The summed E-state index contributed by atoms with van der Waals surface area (Å²) in [7, 11) is -1.80. The molecule has 0 aromatic heterocycles. The van der Waals surface area contributed by atoms with Gasteiger partial charge in [-0.2, -0.15) is 0 Å². The minimum Gasteiger partial charge on any atom is -0.496 e. The molecule has 0 aliphatic carbocycles. The standard InChI is InChI=1S/C25H24ClO5P/c1-15-13-16(2)21(17(3)14-15)25(28)32(29,24(27)18-9-7-6-8-10-18)23-20(30-4)12-11-19(26)22(23)31-5/h6-14H,1-5H3. The second kappa shape index (κ2) is 9.32. The maximum absolute atomic E-state index is 14.8. The van der Waals surface area contributed by atoms with Crippen LogP contribution in [-0.2, 0) is 4.57 Å². The van der Waals surface area contributed by atoms with Crippen molar-refractivity contribution in [1.29, 1.82) is 0 Å². The molecule has 0 saturated heterocycles. The lowest BCUT2D eigenvalue weighted by atomic mass is 10.0. The van der Waals surface area contributed by atoms with E-state index in [0.717, 1.165) is 5.56 Å². The first-order chi connectivity index (χ1) is 15.2. The van der Waals surface area contributed by atoms with Crippen LogP contribution in [0.15, 0.2) is 54.6 Å². The van der Waals surface area contributed by atoms with Crippen LogP contribution in [0.4, 0.5) is 0 Å². The second-order valence-electron chi connectivity index (χ2n) is 7.49. The third-order valence-electron chi connectivity index (χ3n) is 5.27. The van der Waals surface area contributed by atoms with Crippen molar-refractivity contribution in [1.82, 2.24) is 0 Å². The average molecular weight is 471 g/mol. The van der Waals surface area contributed by atoms with Crippen molar-refractivity contribution in [2.45, 2.75) is 20.8 Å². The highest BCUT2D eigenvalue weighted by Crippen LogP contribution is 2.56. The maximum atomic E-state index is 14.8. The van der Waals surface area contributed by atoms with E-state index in [2.05, 4.69) is 0 Å². The van der Waals surface area contributed by atoms with Crippen molar-refractivity contribution in [2.75, 3.05) is 14.2 Å². The van der Waals surface area contributed by atoms with E-state index in [1.165, 1.54) is 38.5 Å². The molecule has 0 spiro atoms. The van der Waals surface area contributed by atoms with Crippen molar-refractivity contribution in [3.05, 3.63) is 87.4 Å². The number of carbonyl (C=O) groups is 2. The van der Waals surface area contributed by atoms with E-state index in [1.54, 1.807) is 32.0 Å². The fourth-order valence-electron chi connectivity index (χ4n) is 3.92. The normalized spacial score (nSPS) is 12.7. The zero-order valence-electron chi connectivity index (χ0n) is 18.6. The molecule has 32 heavy (non-hydrogen) atoms. The zero-order chi connectivity index (χ0) is 23.6. The molecule has 7 heteroatoms. The SMILES string of the molecule is COc1ccc(Cl)c(OC)c1P(=O)(C(=O)c1ccccc1)C(=O)c1c(C)cc(C)cc1C. The summed E-state index contributed by atoms with van der Waals surface area (Å²) in [6, 6.07) is 14.7. The largest absolute Gasteiger partial charge is 0.496 e. The molecule has 3 aromatic carbocycles. The monoisotopic (exact) mass is 470 g/mol. The summed E-state index contributed by atoms with van der Waals surface area (Å²) < 4.78 is 25.7. The van der Waals surface area contributed by atoms with Crippen LogP contribution in [0.1, 0.15) is 37.4 Å². The Morgan fingerprint density at radius 1 is 0.844 bits per heavy atom. The van der Waals surface area contributed by atoms with Gasteiger partial charge in [-0.25, -0.2) is 0 Å². The lowest BCUT2D eigenvalue weighted by Gasteiger charge is -2.23. The number of halogens is 1. The van der Waals surface area contributed by atoms with Crippen LogP contribution < -0.4 is 14.8 Å². The Labute approximate surface area is 192 Å². The molecule has 0 heterocycles. The highest BCUT2D eigenvalue weighted by Gasteiger charge is 2.48. The first-order valence-corrected chi connectivity index (χ1v) is 12.0. The number of benzene rings is 3. The molecule has 1 unspecified atom stereocenters. The molecule has 3 aromatic rings. The molecule has 1 atom stereocenters. The molecule has 0 amide bonds. The van der Waals surface area contributed by atoms with E-state index in [4.69, 9.17) is 21.1 Å². The lowest BCUT2D eigenvalue weighted by Crippen LogP contribution is -2.24. The van der Waals surface area contributed by atoms with Gasteiger partial charge in [-0.15, -0.1) is 0 Å². The first-order valence-electron chi connectivity index (χ1n) is 9.90. The number of aryl methyl sites for hydroxylation is 3. The third-order valence-corrected chi connectivity index (χ3v) is 8.25. The van der Waals surface area contributed by atoms with E-state index >= 15 is 0 Å². The number of rotatable bonds is 7. The van der Waals surface area contributed by atoms with Gasteiger partial charge in [-0.05, 0) is 44.0 Å². The van der Waals surface area contributed by atoms with Crippen molar-refractivity contribution >= 4 is 35.1 Å². The molecule has 0 saturated carbocycles. The van der Waals surface area contributed by atoms with Crippen LogP contribution in [0.5, 0.6) is 11.5 Å². The smallest absolute Gasteiger partial charge is 0.256 e. The van der Waals surface area contributed by atoms with Gasteiger partial charge >= 0.3 is 0 Å². The summed E-state index contributed by atoms with van der Waals surface area (Å²) in [5, 5.41) is -0.0113. The Balaban J connectivity index is 2.43. The number of carbonyl (C=O) groups excluding carboxylic acids is 2. The Kier molecular flexibility index (Phi) is 6.92. The molecular formula is C25H24ClO5P. The number of hydrogen-bond acceptors (Lipinski definition) is 5. The van der Waals surface area contributed by atoms with Gasteiger partial charge in [0.1, 0.15) is 11.1 Å². The minimum absolute atomic E-state index is 0.0191. The van der Waals surface area contributed by atoms with E-state index < -0.39 is 18.2 Å². The molecule has 0 bridgehead atoms. The summed E-state index contributed by atoms with van der Waals surface area (Å²) >= 11 is 6.32. The Morgan fingerprint density at radius 3 is 1.97 bits per heavy atom. The minimum atomic E-state index is -4.51. The summed E-state index contributed by atoms with van der Waals surface area (Å²) in [6.45, 7) is 5.43. The lowest BCUT2D eigenvalue weighted by molar-refractivity contribution is 0.104. The molecule has 0 aliphatic heterocycles. The Morgan fingerprint density at radius 2 is 1.44 bits per heavy atom. The summed E-state index contributed by atoms with van der Waals surface area (Å²) in [5.41, 5.74) is 1.03. The van der Waals surface area contributed by atoms with Crippen molar-refractivity contribution in [3.8, 4) is 11.5 Å². The fraction of sp³-hybridized carbons (Fsp3) is 0.200. The summed E-state index contributed by atoms with van der Waals surface area (Å²) in [5.74, 6) is 0.0732. The van der Waals surface area contributed by atoms with Crippen LogP contribution in [0.25, 0.3) is 0 Å². The second-order valence-corrected chi connectivity index (χ2v) is 10.4. The van der Waals surface area contributed by atoms with E-state index in [0.29, 0.717) is 11.1 Å². The van der Waals surface area contributed by atoms with Crippen LogP contribution >= 0.6 is 18.7 Å². The third kappa shape index (κ3) is 3.99. The number of hydrogen-bond donors (Lipinski definition) is 0. The molecule has 0 radical (unpaired) electrons. The molecule has 0 N–H and O–H groups in total. The van der Waals surface area contributed by atoms with Gasteiger partial charge in [-0.3, -0.25) is 9.59 Å². The molecular weight excluding hydrogens is 447 g/mol. The highest BCUT2D eigenvalue weighted by atomic mass is 35.5. The van der Waals surface area contributed by atoms with Gasteiger partial charge in [0.25, 0.3) is 7.14 Å². The summed E-state index contributed by atoms with van der Waals surface area (Å²) in [6.07, 6.45) is 0. The number of ether oxygens (including phenoxy) is 2. The molecule has 0 fully saturated rings. The van der Waals surface area contributed by atoms with Gasteiger partial charge in [0.2, 0.25) is 11.0 Å². The predicted molar refractivity (Wildman–Crippen MR) is 128 cm³/mol. The highest BCUT2D eigenvalue weighted by molar-refractivity contribution is 8.01.